The minimum Gasteiger partial charge on any atom is -0.450 e. The summed E-state index contributed by atoms with van der Waals surface area (Å²) in [5.74, 6) is 0.0381. The summed E-state index contributed by atoms with van der Waals surface area (Å²) in [7, 11) is 1.50. The van der Waals surface area contributed by atoms with E-state index in [9.17, 15) is 10.1 Å². The Balaban J connectivity index is 1.77. The zero-order chi connectivity index (χ0) is 21.3. The van der Waals surface area contributed by atoms with Crippen molar-refractivity contribution in [2.75, 3.05) is 12.4 Å². The van der Waals surface area contributed by atoms with E-state index in [1.165, 1.54) is 19.4 Å². The molecule has 0 saturated heterocycles. The fraction of sp³-hybridized carbons (Fsp3) is 0.0500. The van der Waals surface area contributed by atoms with Crippen LogP contribution in [-0.4, -0.2) is 26.5 Å². The Labute approximate surface area is 175 Å². The van der Waals surface area contributed by atoms with Gasteiger partial charge in [-0.05, 0) is 28.1 Å². The van der Waals surface area contributed by atoms with Crippen molar-refractivity contribution < 1.29 is 9.66 Å². The number of halogens is 1. The van der Waals surface area contributed by atoms with E-state index in [1.807, 2.05) is 34.9 Å². The van der Waals surface area contributed by atoms with Gasteiger partial charge in [-0.3, -0.25) is 0 Å². The van der Waals surface area contributed by atoms with E-state index in [-0.39, 0.29) is 16.5 Å². The average molecular weight is 421 g/mol. The van der Waals surface area contributed by atoms with Crippen LogP contribution in [0.1, 0.15) is 0 Å². The summed E-state index contributed by atoms with van der Waals surface area (Å²) < 4.78 is 7.60. The number of fused-ring (bicyclic) bond motifs is 1. The number of pyridine rings is 2. The first kappa shape index (κ1) is 19.2. The predicted molar refractivity (Wildman–Crippen MR) is 113 cm³/mol. The number of nitro groups is 1. The summed E-state index contributed by atoms with van der Waals surface area (Å²) in [6.45, 7) is 7.48. The number of para-hydroxylation sites is 1. The molecule has 0 atom stereocenters. The van der Waals surface area contributed by atoms with Crippen LogP contribution in [0.2, 0.25) is 5.02 Å². The highest BCUT2D eigenvalue weighted by Crippen LogP contribution is 2.40. The summed E-state index contributed by atoms with van der Waals surface area (Å²) in [5.41, 5.74) is 1.93. The van der Waals surface area contributed by atoms with Gasteiger partial charge >= 0.3 is 5.82 Å². The van der Waals surface area contributed by atoms with Gasteiger partial charge < -0.3 is 24.7 Å². The van der Waals surface area contributed by atoms with Crippen LogP contribution < -0.4 is 10.1 Å². The number of ether oxygens (including phenoxy) is 1. The normalized spacial score (nSPS) is 10.6. The van der Waals surface area contributed by atoms with Crippen molar-refractivity contribution >= 4 is 39.8 Å². The molecular weight excluding hydrogens is 408 g/mol. The number of benzene rings is 1. The van der Waals surface area contributed by atoms with Gasteiger partial charge in [0, 0.05) is 24.3 Å². The lowest BCUT2D eigenvalue weighted by Gasteiger charge is -2.10. The molecule has 0 saturated carbocycles. The second kappa shape index (κ2) is 7.69. The maximum atomic E-state index is 11.1. The van der Waals surface area contributed by atoms with Gasteiger partial charge in [-0.2, -0.15) is 0 Å². The lowest BCUT2D eigenvalue weighted by atomic mass is 10.3. The third-order valence-corrected chi connectivity index (χ3v) is 4.74. The van der Waals surface area contributed by atoms with Gasteiger partial charge in [-0.25, -0.2) is 9.83 Å². The lowest BCUT2D eigenvalue weighted by molar-refractivity contribution is -0.388. The van der Waals surface area contributed by atoms with E-state index >= 15 is 0 Å². The number of hydrogen-bond acceptors (Lipinski definition) is 6. The molecule has 1 N–H and O–H groups in total. The van der Waals surface area contributed by atoms with Crippen molar-refractivity contribution in [3.05, 3.63) is 81.5 Å². The molecule has 0 bridgehead atoms. The standard InChI is InChI=1S/C20H13ClN6O3/c1-22-15-11-26(12-6-4-3-5-7-12)19-14(15)8-13(9-24-19)30-16-10-25-20(27(28)29)18(23-2)17(16)21/h3-11,23H,2H3. The Hall–Kier alpha value is -4.16. The number of rotatable bonds is 5. The van der Waals surface area contributed by atoms with Crippen LogP contribution in [0.25, 0.3) is 21.6 Å². The second-order valence-electron chi connectivity index (χ2n) is 6.12. The first-order valence-electron chi connectivity index (χ1n) is 8.66. The van der Waals surface area contributed by atoms with Crippen LogP contribution in [0.5, 0.6) is 11.5 Å². The van der Waals surface area contributed by atoms with E-state index in [0.717, 1.165) is 5.69 Å². The van der Waals surface area contributed by atoms with Gasteiger partial charge in [0.1, 0.15) is 16.4 Å². The largest absolute Gasteiger partial charge is 0.450 e. The van der Waals surface area contributed by atoms with Crippen LogP contribution >= 0.6 is 11.6 Å². The van der Waals surface area contributed by atoms with Crippen molar-refractivity contribution in [3.63, 3.8) is 0 Å². The third kappa shape index (κ3) is 3.25. The van der Waals surface area contributed by atoms with Crippen molar-refractivity contribution in [1.82, 2.24) is 14.5 Å². The van der Waals surface area contributed by atoms with Crippen LogP contribution in [0.15, 0.2) is 55.0 Å². The Morgan fingerprint density at radius 3 is 2.70 bits per heavy atom. The quantitative estimate of drug-likeness (QED) is 0.265. The molecule has 0 fully saturated rings. The summed E-state index contributed by atoms with van der Waals surface area (Å²) in [4.78, 5) is 22.3. The maximum Gasteiger partial charge on any atom is 0.388 e. The molecule has 0 spiro atoms. The molecule has 10 heteroatoms. The first-order chi connectivity index (χ1) is 14.5. The molecule has 0 amide bonds. The SMILES string of the molecule is [C-]#[N+]c1cn(-c2ccccc2)c2ncc(Oc3cnc([N+](=O)[O-])c(NC)c3Cl)cc12. The molecular formula is C20H13ClN6O3. The van der Waals surface area contributed by atoms with Gasteiger partial charge in [0.25, 0.3) is 0 Å². The number of nitrogens with one attached hydrogen (secondary N) is 1. The zero-order valence-electron chi connectivity index (χ0n) is 15.5. The van der Waals surface area contributed by atoms with Crippen LogP contribution in [0.4, 0.5) is 17.2 Å². The van der Waals surface area contributed by atoms with Gasteiger partial charge in [0.15, 0.2) is 17.6 Å². The fourth-order valence-electron chi connectivity index (χ4n) is 3.02. The molecule has 0 aliphatic rings. The zero-order valence-corrected chi connectivity index (χ0v) is 16.3. The van der Waals surface area contributed by atoms with E-state index in [4.69, 9.17) is 22.9 Å². The third-order valence-electron chi connectivity index (χ3n) is 4.37. The molecule has 30 heavy (non-hydrogen) atoms. The van der Waals surface area contributed by atoms with Crippen molar-refractivity contribution in [1.29, 1.82) is 0 Å². The number of anilines is 1. The Bertz CT molecular complexity index is 1310. The van der Waals surface area contributed by atoms with E-state index in [0.29, 0.717) is 22.5 Å². The molecule has 148 valence electrons. The smallest absolute Gasteiger partial charge is 0.388 e. The molecule has 0 aliphatic heterocycles. The van der Waals surface area contributed by atoms with Gasteiger partial charge in [-0.15, -0.1) is 0 Å². The number of hydrogen-bond donors (Lipinski definition) is 1. The fourth-order valence-corrected chi connectivity index (χ4v) is 3.29. The Morgan fingerprint density at radius 2 is 2.03 bits per heavy atom. The molecule has 0 radical (unpaired) electrons. The van der Waals surface area contributed by atoms with Gasteiger partial charge in [0.2, 0.25) is 5.69 Å². The number of nitrogens with zero attached hydrogens (tertiary/aromatic N) is 5. The summed E-state index contributed by atoms with van der Waals surface area (Å²) in [5, 5.41) is 14.4. The molecule has 0 unspecified atom stereocenters. The van der Waals surface area contributed by atoms with Crippen molar-refractivity contribution in [3.8, 4) is 17.2 Å². The highest BCUT2D eigenvalue weighted by Gasteiger charge is 2.23. The van der Waals surface area contributed by atoms with Gasteiger partial charge in [-0.1, -0.05) is 29.8 Å². The molecule has 3 heterocycles. The highest BCUT2D eigenvalue weighted by molar-refractivity contribution is 6.35. The first-order valence-corrected chi connectivity index (χ1v) is 9.03. The minimum atomic E-state index is -0.635. The monoisotopic (exact) mass is 420 g/mol. The van der Waals surface area contributed by atoms with E-state index in [1.54, 1.807) is 12.3 Å². The molecule has 4 rings (SSSR count). The lowest BCUT2D eigenvalue weighted by Crippen LogP contribution is -2.01. The van der Waals surface area contributed by atoms with Crippen LogP contribution in [0, 0.1) is 16.7 Å². The molecule has 0 aliphatic carbocycles. The van der Waals surface area contributed by atoms with E-state index < -0.39 is 10.7 Å². The van der Waals surface area contributed by atoms with Crippen molar-refractivity contribution in [2.45, 2.75) is 0 Å². The predicted octanol–water partition coefficient (Wildman–Crippen LogP) is 5.37. The highest BCUT2D eigenvalue weighted by atomic mass is 35.5. The van der Waals surface area contributed by atoms with Gasteiger partial charge in [0.05, 0.1) is 12.8 Å². The second-order valence-corrected chi connectivity index (χ2v) is 6.50. The van der Waals surface area contributed by atoms with Crippen LogP contribution in [-0.2, 0) is 0 Å². The summed E-state index contributed by atoms with van der Waals surface area (Å²) >= 11 is 6.26. The molecule has 1 aromatic carbocycles. The topological polar surface area (TPSA) is 99.5 Å². The van der Waals surface area contributed by atoms with E-state index in [2.05, 4.69) is 20.1 Å². The van der Waals surface area contributed by atoms with Crippen LogP contribution in [0.3, 0.4) is 0 Å². The van der Waals surface area contributed by atoms with Crippen molar-refractivity contribution in [2.24, 2.45) is 0 Å². The number of aromatic nitrogens is 3. The minimum absolute atomic E-state index is 0.0200. The Morgan fingerprint density at radius 1 is 1.27 bits per heavy atom. The Kier molecular flexibility index (Phi) is 4.92. The molecule has 4 aromatic rings. The molecule has 3 aromatic heterocycles. The summed E-state index contributed by atoms with van der Waals surface area (Å²) in [6, 6.07) is 11.2. The molecule has 9 nitrogen and oxygen atoms in total. The average Bonchev–Trinajstić information content (AvgIpc) is 3.13. The summed E-state index contributed by atoms with van der Waals surface area (Å²) in [6.07, 6.45) is 4.38. The maximum absolute atomic E-state index is 11.1.